The zero-order valence-electron chi connectivity index (χ0n) is 12.8. The molecule has 23 heavy (non-hydrogen) atoms. The maximum Gasteiger partial charge on any atom is 0.138 e. The summed E-state index contributed by atoms with van der Waals surface area (Å²) < 4.78 is 30.4. The second-order valence-electron chi connectivity index (χ2n) is 5.11. The molecule has 0 aliphatic carbocycles. The summed E-state index contributed by atoms with van der Waals surface area (Å²) in [5, 5.41) is 0.872. The Morgan fingerprint density at radius 1 is 1.04 bits per heavy atom. The number of ether oxygens (including phenoxy) is 2. The monoisotopic (exact) mass is 328 g/mol. The lowest BCUT2D eigenvalue weighted by Crippen LogP contribution is -1.94. The quantitative estimate of drug-likeness (QED) is 0.783. The van der Waals surface area contributed by atoms with Crippen LogP contribution in [0.3, 0.4) is 0 Å². The minimum absolute atomic E-state index is 0.481. The first kappa shape index (κ1) is 15.3. The zero-order valence-corrected chi connectivity index (χ0v) is 13.6. The third-order valence-corrected chi connectivity index (χ3v) is 4.58. The fourth-order valence-electron chi connectivity index (χ4n) is 2.21. The van der Waals surface area contributed by atoms with E-state index in [0.717, 1.165) is 16.7 Å². The van der Waals surface area contributed by atoms with Crippen molar-refractivity contribution in [3.63, 3.8) is 0 Å². The highest BCUT2D eigenvalue weighted by atomic mass is 32.2. The number of fused-ring (bicyclic) bond motifs is 1. The molecular weight excluding hydrogens is 312 g/mol. The zero-order chi connectivity index (χ0) is 16.4. The van der Waals surface area contributed by atoms with Gasteiger partial charge >= 0.3 is 0 Å². The van der Waals surface area contributed by atoms with Crippen molar-refractivity contribution in [2.24, 2.45) is 0 Å². The molecule has 0 aliphatic heterocycles. The Morgan fingerprint density at radius 3 is 2.39 bits per heavy atom. The molecule has 1 N–H and O–H groups in total. The first-order valence-electron chi connectivity index (χ1n) is 6.92. The molecule has 1 atom stereocenters. The molecule has 0 spiro atoms. The van der Waals surface area contributed by atoms with Crippen LogP contribution < -0.4 is 9.47 Å². The topological polar surface area (TPSA) is 72.3 Å². The lowest BCUT2D eigenvalue weighted by atomic mass is 10.2. The summed E-state index contributed by atoms with van der Waals surface area (Å²) in [4.78, 5) is 4.80. The fourth-order valence-corrected chi connectivity index (χ4v) is 2.87. The van der Waals surface area contributed by atoms with Gasteiger partial charge in [-0.2, -0.15) is 0 Å². The maximum absolute atomic E-state index is 11.7. The van der Waals surface area contributed by atoms with E-state index in [1.807, 2.05) is 18.2 Å². The molecule has 0 fully saturated rings. The van der Waals surface area contributed by atoms with Crippen LogP contribution in [-0.4, -0.2) is 22.6 Å². The number of nitrogens with one attached hydrogen (secondary N) is 1. The van der Waals surface area contributed by atoms with Gasteiger partial charge in [-0.3, -0.25) is 4.98 Å². The van der Waals surface area contributed by atoms with Crippen LogP contribution in [0.25, 0.3) is 10.9 Å². The fraction of sp³-hybridized carbons (Fsp3) is 0.118. The van der Waals surface area contributed by atoms with Gasteiger partial charge in [-0.05, 0) is 42.5 Å². The summed E-state index contributed by atoms with van der Waals surface area (Å²) in [6.45, 7) is 0. The molecule has 0 aliphatic rings. The Morgan fingerprint density at radius 2 is 1.74 bits per heavy atom. The highest BCUT2D eigenvalue weighted by Gasteiger charge is 2.07. The molecule has 0 bridgehead atoms. The van der Waals surface area contributed by atoms with Gasteiger partial charge in [-0.25, -0.2) is 8.99 Å². The van der Waals surface area contributed by atoms with Crippen LogP contribution in [0.1, 0.15) is 0 Å². The van der Waals surface area contributed by atoms with Gasteiger partial charge in [0.25, 0.3) is 0 Å². The summed E-state index contributed by atoms with van der Waals surface area (Å²) in [5.41, 5.74) is 0.779. The van der Waals surface area contributed by atoms with E-state index in [4.69, 9.17) is 14.3 Å². The molecular formula is C17H16N2O3S. The smallest absolute Gasteiger partial charge is 0.138 e. The summed E-state index contributed by atoms with van der Waals surface area (Å²) in [5.74, 6) is 2.02. The van der Waals surface area contributed by atoms with E-state index in [1.165, 1.54) is 6.26 Å². The molecule has 2 aromatic carbocycles. The van der Waals surface area contributed by atoms with Crippen molar-refractivity contribution in [1.29, 1.82) is 4.78 Å². The largest absolute Gasteiger partial charge is 0.497 e. The number of benzene rings is 2. The van der Waals surface area contributed by atoms with E-state index in [2.05, 4.69) is 4.98 Å². The van der Waals surface area contributed by atoms with E-state index in [9.17, 15) is 4.21 Å². The Balaban J connectivity index is 1.95. The molecule has 1 heterocycles. The third kappa shape index (κ3) is 3.27. The molecule has 0 radical (unpaired) electrons. The van der Waals surface area contributed by atoms with Gasteiger partial charge in [-0.15, -0.1) is 0 Å². The van der Waals surface area contributed by atoms with Crippen molar-refractivity contribution >= 4 is 20.6 Å². The van der Waals surface area contributed by atoms with Crippen molar-refractivity contribution in [3.05, 3.63) is 54.7 Å². The average molecular weight is 328 g/mol. The van der Waals surface area contributed by atoms with E-state index in [1.54, 1.807) is 43.6 Å². The van der Waals surface area contributed by atoms with Crippen LogP contribution in [0, 0.1) is 4.78 Å². The first-order valence-corrected chi connectivity index (χ1v) is 8.88. The van der Waals surface area contributed by atoms with E-state index in [-0.39, 0.29) is 0 Å². The van der Waals surface area contributed by atoms with Crippen molar-refractivity contribution in [2.45, 2.75) is 4.90 Å². The van der Waals surface area contributed by atoms with Crippen molar-refractivity contribution in [2.75, 3.05) is 13.4 Å². The van der Waals surface area contributed by atoms with Gasteiger partial charge in [0.15, 0.2) is 0 Å². The van der Waals surface area contributed by atoms with Crippen LogP contribution >= 0.6 is 0 Å². The number of hydrogen-bond acceptors (Lipinski definition) is 5. The molecule has 1 aromatic heterocycles. The Labute approximate surface area is 134 Å². The number of hydrogen-bond donors (Lipinski definition) is 1. The molecule has 3 aromatic rings. The van der Waals surface area contributed by atoms with Crippen molar-refractivity contribution in [3.8, 4) is 17.2 Å². The van der Waals surface area contributed by atoms with Gasteiger partial charge in [0.1, 0.15) is 17.2 Å². The van der Waals surface area contributed by atoms with Crippen molar-refractivity contribution in [1.82, 2.24) is 4.98 Å². The average Bonchev–Trinajstić information content (AvgIpc) is 2.54. The maximum atomic E-state index is 11.7. The second kappa shape index (κ2) is 5.89. The Bertz CT molecular complexity index is 951. The summed E-state index contributed by atoms with van der Waals surface area (Å²) in [6, 6.07) is 14.1. The van der Waals surface area contributed by atoms with Crippen LogP contribution in [0.4, 0.5) is 0 Å². The number of aromatic nitrogens is 1. The standard InChI is InChI=1S/C17H16N2O3S/c1-21-13-5-8-15-16(11-13)19-10-9-17(15)22-12-3-6-14(7-4-12)23(2,18)20/h3-11,18H,1-2H3. The highest BCUT2D eigenvalue weighted by molar-refractivity contribution is 7.91. The van der Waals surface area contributed by atoms with Gasteiger partial charge in [-0.1, -0.05) is 0 Å². The highest BCUT2D eigenvalue weighted by Crippen LogP contribution is 2.31. The number of nitrogens with zero attached hydrogens (tertiary/aromatic N) is 1. The minimum Gasteiger partial charge on any atom is -0.497 e. The molecule has 0 saturated heterocycles. The molecule has 6 heteroatoms. The number of methoxy groups -OCH3 is 1. The van der Waals surface area contributed by atoms with E-state index < -0.39 is 9.73 Å². The van der Waals surface area contributed by atoms with Gasteiger partial charge < -0.3 is 9.47 Å². The minimum atomic E-state index is -2.71. The first-order chi connectivity index (χ1) is 11.0. The number of pyridine rings is 1. The lowest BCUT2D eigenvalue weighted by molar-refractivity contribution is 0.415. The lowest BCUT2D eigenvalue weighted by Gasteiger charge is -2.10. The van der Waals surface area contributed by atoms with Gasteiger partial charge in [0, 0.05) is 28.8 Å². The Hall–Kier alpha value is -2.60. The van der Waals surface area contributed by atoms with E-state index in [0.29, 0.717) is 16.4 Å². The van der Waals surface area contributed by atoms with Gasteiger partial charge in [0.2, 0.25) is 0 Å². The molecule has 5 nitrogen and oxygen atoms in total. The summed E-state index contributed by atoms with van der Waals surface area (Å²) >= 11 is 0. The second-order valence-corrected chi connectivity index (χ2v) is 7.27. The molecule has 3 rings (SSSR count). The number of rotatable bonds is 4. The predicted octanol–water partition coefficient (Wildman–Crippen LogP) is 4.07. The van der Waals surface area contributed by atoms with E-state index >= 15 is 0 Å². The Kier molecular flexibility index (Phi) is 3.92. The van der Waals surface area contributed by atoms with Crippen LogP contribution in [0.5, 0.6) is 17.2 Å². The van der Waals surface area contributed by atoms with Crippen molar-refractivity contribution < 1.29 is 13.7 Å². The van der Waals surface area contributed by atoms with Gasteiger partial charge in [0.05, 0.1) is 22.4 Å². The molecule has 1 unspecified atom stereocenters. The molecule has 118 valence electrons. The SMILES string of the molecule is COc1ccc2c(Oc3ccc(S(C)(=N)=O)cc3)ccnc2c1. The molecule has 0 saturated carbocycles. The normalized spacial score (nSPS) is 13.5. The van der Waals surface area contributed by atoms with Crippen LogP contribution in [0.2, 0.25) is 0 Å². The summed E-state index contributed by atoms with van der Waals surface area (Å²) in [7, 11) is -1.10. The predicted molar refractivity (Wildman–Crippen MR) is 89.9 cm³/mol. The molecule has 0 amide bonds. The van der Waals surface area contributed by atoms with Crippen LogP contribution in [0.15, 0.2) is 59.6 Å². The summed E-state index contributed by atoms with van der Waals surface area (Å²) in [6.07, 6.45) is 3.07. The third-order valence-electron chi connectivity index (χ3n) is 3.41. The van der Waals surface area contributed by atoms with Crippen LogP contribution in [-0.2, 0) is 9.73 Å².